The average molecular weight is 417 g/mol. The van der Waals surface area contributed by atoms with Crippen LogP contribution in [0.4, 0.5) is 0 Å². The number of amides is 1. The van der Waals surface area contributed by atoms with Crippen LogP contribution in [0.2, 0.25) is 0 Å². The summed E-state index contributed by atoms with van der Waals surface area (Å²) in [6, 6.07) is 19.0. The fourth-order valence-electron chi connectivity index (χ4n) is 4.95. The first-order valence-electron chi connectivity index (χ1n) is 11.2. The van der Waals surface area contributed by atoms with Gasteiger partial charge in [-0.05, 0) is 42.2 Å². The zero-order valence-corrected chi connectivity index (χ0v) is 17.9. The van der Waals surface area contributed by atoms with E-state index in [4.69, 9.17) is 9.47 Å². The number of benzene rings is 2. The van der Waals surface area contributed by atoms with Crippen molar-refractivity contribution >= 4 is 16.8 Å². The first-order chi connectivity index (χ1) is 15.2. The molecule has 31 heavy (non-hydrogen) atoms. The van der Waals surface area contributed by atoms with Crippen LogP contribution in [0.1, 0.15) is 31.7 Å². The number of piperidine rings is 1. The monoisotopic (exact) mass is 416 g/mol. The molecular weight excluding hydrogens is 388 g/mol. The van der Waals surface area contributed by atoms with E-state index in [1.807, 2.05) is 24.1 Å². The second-order valence-electron chi connectivity index (χ2n) is 8.36. The Morgan fingerprint density at radius 3 is 2.45 bits per heavy atom. The summed E-state index contributed by atoms with van der Waals surface area (Å²) in [7, 11) is 0. The van der Waals surface area contributed by atoms with Crippen LogP contribution < -0.4 is 0 Å². The van der Waals surface area contributed by atoms with E-state index >= 15 is 0 Å². The summed E-state index contributed by atoms with van der Waals surface area (Å²) < 4.78 is 12.5. The van der Waals surface area contributed by atoms with Gasteiger partial charge in [0.2, 0.25) is 5.91 Å². The molecule has 0 atom stereocenters. The lowest BCUT2D eigenvalue weighted by Gasteiger charge is -2.41. The van der Waals surface area contributed by atoms with E-state index in [2.05, 4.69) is 53.5 Å². The zero-order chi connectivity index (χ0) is 21.3. The number of hydrogen-bond acceptors (Lipinski definition) is 4. The van der Waals surface area contributed by atoms with Crippen molar-refractivity contribution in [2.24, 2.45) is 5.92 Å². The van der Waals surface area contributed by atoms with Gasteiger partial charge in [-0.25, -0.2) is 0 Å². The highest BCUT2D eigenvalue weighted by molar-refractivity contribution is 5.84. The van der Waals surface area contributed by atoms with Gasteiger partial charge in [0.1, 0.15) is 0 Å². The van der Waals surface area contributed by atoms with Crippen molar-refractivity contribution in [2.45, 2.75) is 32.0 Å². The highest BCUT2D eigenvalue weighted by Crippen LogP contribution is 2.44. The minimum atomic E-state index is -0.701. The third kappa shape index (κ3) is 3.73. The van der Waals surface area contributed by atoms with Crippen molar-refractivity contribution in [1.29, 1.82) is 0 Å². The van der Waals surface area contributed by atoms with Crippen molar-refractivity contribution < 1.29 is 14.3 Å². The van der Waals surface area contributed by atoms with Crippen LogP contribution in [0.3, 0.4) is 0 Å². The van der Waals surface area contributed by atoms with Gasteiger partial charge in [-0.2, -0.15) is 0 Å². The van der Waals surface area contributed by atoms with Gasteiger partial charge in [-0.1, -0.05) is 43.3 Å². The molecule has 5 nitrogen and oxygen atoms in total. The maximum Gasteiger partial charge on any atom is 0.222 e. The maximum atomic E-state index is 12.1. The number of nitrogens with zero attached hydrogens (tertiary/aromatic N) is 2. The van der Waals surface area contributed by atoms with Gasteiger partial charge in [-0.15, -0.1) is 0 Å². The van der Waals surface area contributed by atoms with Gasteiger partial charge in [0, 0.05) is 42.6 Å². The van der Waals surface area contributed by atoms with Crippen molar-refractivity contribution in [3.63, 3.8) is 0 Å². The summed E-state index contributed by atoms with van der Waals surface area (Å²) in [5.41, 5.74) is 4.39. The van der Waals surface area contributed by atoms with Crippen LogP contribution in [0, 0.1) is 5.92 Å². The molecule has 2 fully saturated rings. The van der Waals surface area contributed by atoms with E-state index in [0.717, 1.165) is 48.0 Å². The molecule has 0 aliphatic carbocycles. The van der Waals surface area contributed by atoms with E-state index < -0.39 is 5.79 Å². The van der Waals surface area contributed by atoms with Crippen molar-refractivity contribution in [2.75, 3.05) is 26.3 Å². The zero-order valence-electron chi connectivity index (χ0n) is 17.9. The van der Waals surface area contributed by atoms with Gasteiger partial charge in [0.25, 0.3) is 0 Å². The molecule has 160 valence electrons. The van der Waals surface area contributed by atoms with Crippen LogP contribution >= 0.6 is 0 Å². The minimum Gasteiger partial charge on any atom is -0.343 e. The van der Waals surface area contributed by atoms with E-state index in [9.17, 15) is 4.79 Å². The van der Waals surface area contributed by atoms with Crippen LogP contribution in [0.5, 0.6) is 0 Å². The fraction of sp³-hybridized carbons (Fsp3) is 0.385. The summed E-state index contributed by atoms with van der Waals surface area (Å²) in [6.45, 7) is 4.68. The molecule has 1 aromatic heterocycles. The SMILES string of the molecule is CCC(=O)N1CCC(C2(c3ccc(-c4ccc5ncccc5c4)cc3)OCCO2)CC1. The molecule has 3 heterocycles. The Morgan fingerprint density at radius 2 is 1.74 bits per heavy atom. The number of carbonyl (C=O) groups excluding carboxylic acids is 1. The second kappa shape index (κ2) is 8.40. The quantitative estimate of drug-likeness (QED) is 0.616. The Labute approximate surface area is 183 Å². The fourth-order valence-corrected chi connectivity index (χ4v) is 4.95. The average Bonchev–Trinajstić information content (AvgIpc) is 3.35. The molecule has 0 radical (unpaired) electrons. The van der Waals surface area contributed by atoms with E-state index in [-0.39, 0.29) is 11.8 Å². The van der Waals surface area contributed by atoms with Crippen LogP contribution in [-0.4, -0.2) is 42.1 Å². The van der Waals surface area contributed by atoms with Gasteiger partial charge < -0.3 is 14.4 Å². The third-order valence-electron chi connectivity index (χ3n) is 6.63. The summed E-state index contributed by atoms with van der Waals surface area (Å²) in [6.07, 6.45) is 4.17. The van der Waals surface area contributed by atoms with E-state index in [1.165, 1.54) is 5.56 Å². The molecule has 0 N–H and O–H groups in total. The van der Waals surface area contributed by atoms with Gasteiger partial charge in [-0.3, -0.25) is 9.78 Å². The number of ether oxygens (including phenoxy) is 2. The summed E-state index contributed by atoms with van der Waals surface area (Å²) in [4.78, 5) is 18.4. The molecule has 0 spiro atoms. The summed E-state index contributed by atoms with van der Waals surface area (Å²) >= 11 is 0. The molecular formula is C26H28N2O3. The highest BCUT2D eigenvalue weighted by atomic mass is 16.7. The Kier molecular flexibility index (Phi) is 5.47. The molecule has 5 heteroatoms. The van der Waals surface area contributed by atoms with Crippen LogP contribution in [0.15, 0.2) is 60.8 Å². The number of rotatable bonds is 4. The standard InChI is InChI=1S/C26H28N2O3/c1-2-25(29)28-14-11-23(12-15-28)26(30-16-17-31-26)22-8-5-19(6-9-22)20-7-10-24-21(18-20)4-3-13-27-24/h3-10,13,18,23H,2,11-12,14-17H2,1H3. The van der Waals surface area contributed by atoms with Crippen molar-refractivity contribution in [3.8, 4) is 11.1 Å². The topological polar surface area (TPSA) is 51.7 Å². The predicted octanol–water partition coefficient (Wildman–Crippen LogP) is 4.75. The molecule has 2 aromatic carbocycles. The molecule has 2 saturated heterocycles. The maximum absolute atomic E-state index is 12.1. The number of pyridine rings is 1. The van der Waals surface area contributed by atoms with E-state index in [0.29, 0.717) is 19.6 Å². The predicted molar refractivity (Wildman–Crippen MR) is 120 cm³/mol. The lowest BCUT2D eigenvalue weighted by molar-refractivity contribution is -0.214. The normalized spacial score (nSPS) is 19.1. The van der Waals surface area contributed by atoms with Gasteiger partial charge in [0.05, 0.1) is 18.7 Å². The summed E-state index contributed by atoms with van der Waals surface area (Å²) in [5, 5.41) is 1.14. The number of hydrogen-bond donors (Lipinski definition) is 0. The van der Waals surface area contributed by atoms with E-state index in [1.54, 1.807) is 0 Å². The van der Waals surface area contributed by atoms with Gasteiger partial charge >= 0.3 is 0 Å². The molecule has 3 aromatic rings. The second-order valence-corrected chi connectivity index (χ2v) is 8.36. The number of carbonyl (C=O) groups is 1. The summed E-state index contributed by atoms with van der Waals surface area (Å²) in [5.74, 6) is -0.225. The molecule has 0 saturated carbocycles. The van der Waals surface area contributed by atoms with Gasteiger partial charge in [0.15, 0.2) is 5.79 Å². The molecule has 0 bridgehead atoms. The molecule has 5 rings (SSSR count). The number of fused-ring (bicyclic) bond motifs is 1. The Morgan fingerprint density at radius 1 is 1.03 bits per heavy atom. The Bertz CT molecular complexity index is 1070. The molecule has 1 amide bonds. The number of aromatic nitrogens is 1. The smallest absolute Gasteiger partial charge is 0.222 e. The van der Waals surface area contributed by atoms with Crippen LogP contribution in [0.25, 0.3) is 22.0 Å². The number of likely N-dealkylation sites (tertiary alicyclic amines) is 1. The molecule has 2 aliphatic heterocycles. The first kappa shape index (κ1) is 20.2. The lowest BCUT2D eigenvalue weighted by atomic mass is 9.83. The minimum absolute atomic E-state index is 0.232. The third-order valence-corrected chi connectivity index (χ3v) is 6.63. The Balaban J connectivity index is 1.39. The highest BCUT2D eigenvalue weighted by Gasteiger charge is 2.47. The Hall–Kier alpha value is -2.76. The molecule has 0 unspecified atom stereocenters. The van der Waals surface area contributed by atoms with Crippen molar-refractivity contribution in [3.05, 3.63) is 66.4 Å². The van der Waals surface area contributed by atoms with Crippen molar-refractivity contribution in [1.82, 2.24) is 9.88 Å². The largest absolute Gasteiger partial charge is 0.343 e. The molecule has 2 aliphatic rings. The first-order valence-corrected chi connectivity index (χ1v) is 11.2. The van der Waals surface area contributed by atoms with Crippen LogP contribution in [-0.2, 0) is 20.1 Å². The lowest BCUT2D eigenvalue weighted by Crippen LogP contribution is -2.45.